The van der Waals surface area contributed by atoms with Crippen LogP contribution in [0.1, 0.15) is 5.56 Å². The number of anilines is 1. The standard InChI is InChI=1S/C20H16F2N4O3S/c1-29-16-4-2-3-14(9-16)11-26(15-5-7-18(21)19(22)10-15)30(27,28)17-6-8-20-24-23-13-25(20)12-17/h2-10,12-13H,11H2,1H3. The van der Waals surface area contributed by atoms with Crippen LogP contribution >= 0.6 is 0 Å². The van der Waals surface area contributed by atoms with Crippen molar-refractivity contribution in [1.29, 1.82) is 0 Å². The number of sulfonamides is 1. The van der Waals surface area contributed by atoms with E-state index in [0.717, 1.165) is 16.4 Å². The molecule has 7 nitrogen and oxygen atoms in total. The summed E-state index contributed by atoms with van der Waals surface area (Å²) in [6.07, 6.45) is 2.74. The highest BCUT2D eigenvalue weighted by molar-refractivity contribution is 7.92. The number of pyridine rings is 1. The first kappa shape index (κ1) is 19.8. The van der Waals surface area contributed by atoms with Gasteiger partial charge in [0.05, 0.1) is 19.3 Å². The quantitative estimate of drug-likeness (QED) is 0.469. The first-order valence-electron chi connectivity index (χ1n) is 8.78. The van der Waals surface area contributed by atoms with E-state index in [4.69, 9.17) is 4.74 Å². The number of hydrogen-bond acceptors (Lipinski definition) is 5. The van der Waals surface area contributed by atoms with Crippen molar-refractivity contribution in [2.24, 2.45) is 0 Å². The zero-order valence-corrected chi connectivity index (χ0v) is 16.6. The lowest BCUT2D eigenvalue weighted by atomic mass is 10.2. The number of fused-ring (bicyclic) bond motifs is 1. The topological polar surface area (TPSA) is 76.8 Å². The molecule has 2 aromatic heterocycles. The molecule has 0 bridgehead atoms. The molecule has 10 heteroatoms. The van der Waals surface area contributed by atoms with E-state index in [0.29, 0.717) is 17.0 Å². The Labute approximate surface area is 171 Å². The zero-order chi connectivity index (χ0) is 21.3. The van der Waals surface area contributed by atoms with Crippen molar-refractivity contribution >= 4 is 21.4 Å². The normalized spacial score (nSPS) is 11.6. The van der Waals surface area contributed by atoms with E-state index < -0.39 is 21.7 Å². The maximum Gasteiger partial charge on any atom is 0.266 e. The van der Waals surface area contributed by atoms with E-state index in [9.17, 15) is 17.2 Å². The lowest BCUT2D eigenvalue weighted by Crippen LogP contribution is -2.31. The molecular weight excluding hydrogens is 414 g/mol. The van der Waals surface area contributed by atoms with Crippen molar-refractivity contribution in [2.75, 3.05) is 11.4 Å². The summed E-state index contributed by atoms with van der Waals surface area (Å²) >= 11 is 0. The van der Waals surface area contributed by atoms with E-state index in [1.807, 2.05) is 0 Å². The smallest absolute Gasteiger partial charge is 0.266 e. The summed E-state index contributed by atoms with van der Waals surface area (Å²) in [7, 11) is -2.65. The predicted molar refractivity (Wildman–Crippen MR) is 106 cm³/mol. The first-order valence-corrected chi connectivity index (χ1v) is 10.2. The second-order valence-corrected chi connectivity index (χ2v) is 8.29. The maximum atomic E-state index is 13.9. The lowest BCUT2D eigenvalue weighted by molar-refractivity contribution is 0.414. The average molecular weight is 430 g/mol. The minimum atomic E-state index is -4.14. The van der Waals surface area contributed by atoms with Gasteiger partial charge in [0.1, 0.15) is 17.0 Å². The minimum Gasteiger partial charge on any atom is -0.497 e. The van der Waals surface area contributed by atoms with Gasteiger partial charge in [-0.25, -0.2) is 17.2 Å². The molecule has 0 atom stereocenters. The molecule has 0 N–H and O–H groups in total. The van der Waals surface area contributed by atoms with Crippen LogP contribution in [-0.4, -0.2) is 30.1 Å². The molecule has 0 unspecified atom stereocenters. The summed E-state index contributed by atoms with van der Waals surface area (Å²) in [6, 6.07) is 12.7. The fraction of sp³-hybridized carbons (Fsp3) is 0.100. The van der Waals surface area contributed by atoms with Gasteiger partial charge in [-0.05, 0) is 42.0 Å². The van der Waals surface area contributed by atoms with E-state index in [1.54, 1.807) is 24.3 Å². The Bertz CT molecular complexity index is 1320. The Hall–Kier alpha value is -3.53. The number of ether oxygens (including phenoxy) is 1. The second-order valence-electron chi connectivity index (χ2n) is 6.42. The largest absolute Gasteiger partial charge is 0.497 e. The number of halogens is 2. The number of rotatable bonds is 6. The highest BCUT2D eigenvalue weighted by atomic mass is 32.2. The van der Waals surface area contributed by atoms with E-state index >= 15 is 0 Å². The summed E-state index contributed by atoms with van der Waals surface area (Å²) in [4.78, 5) is -0.0533. The molecule has 4 rings (SSSR count). The van der Waals surface area contributed by atoms with Crippen LogP contribution in [0.25, 0.3) is 5.65 Å². The van der Waals surface area contributed by atoms with Gasteiger partial charge in [-0.1, -0.05) is 12.1 Å². The third-order valence-electron chi connectivity index (χ3n) is 4.50. The van der Waals surface area contributed by atoms with Gasteiger partial charge in [0, 0.05) is 12.3 Å². The summed E-state index contributed by atoms with van der Waals surface area (Å²) in [6.45, 7) is -0.120. The fourth-order valence-corrected chi connectivity index (χ4v) is 4.43. The number of methoxy groups -OCH3 is 1. The van der Waals surface area contributed by atoms with Crippen molar-refractivity contribution in [3.8, 4) is 5.75 Å². The fourth-order valence-electron chi connectivity index (χ4n) is 2.98. The molecule has 0 radical (unpaired) electrons. The van der Waals surface area contributed by atoms with Crippen molar-refractivity contribution < 1.29 is 21.9 Å². The molecule has 2 heterocycles. The van der Waals surface area contributed by atoms with E-state index in [-0.39, 0.29) is 17.1 Å². The van der Waals surface area contributed by atoms with Gasteiger partial charge in [-0.2, -0.15) is 0 Å². The van der Waals surface area contributed by atoms with E-state index in [2.05, 4.69) is 10.2 Å². The minimum absolute atomic E-state index is 0.0134. The molecule has 0 fully saturated rings. The predicted octanol–water partition coefficient (Wildman–Crippen LogP) is 3.41. The molecule has 0 spiro atoms. The second kappa shape index (κ2) is 7.71. The number of hydrogen-bond donors (Lipinski definition) is 0. The number of nitrogens with zero attached hydrogens (tertiary/aromatic N) is 4. The summed E-state index contributed by atoms with van der Waals surface area (Å²) in [5.41, 5.74) is 1.06. The molecule has 154 valence electrons. The third kappa shape index (κ3) is 3.69. The summed E-state index contributed by atoms with van der Waals surface area (Å²) in [5, 5.41) is 7.59. The van der Waals surface area contributed by atoms with Crippen molar-refractivity contribution in [1.82, 2.24) is 14.6 Å². The molecule has 30 heavy (non-hydrogen) atoms. The Balaban J connectivity index is 1.83. The molecular formula is C20H16F2N4O3S. The Kier molecular flexibility index (Phi) is 5.08. The molecule has 0 aliphatic rings. The third-order valence-corrected chi connectivity index (χ3v) is 6.26. The maximum absolute atomic E-state index is 13.9. The van der Waals surface area contributed by atoms with Gasteiger partial charge >= 0.3 is 0 Å². The molecule has 0 aliphatic carbocycles. The molecule has 0 aliphatic heterocycles. The van der Waals surface area contributed by atoms with Crippen LogP contribution in [0.2, 0.25) is 0 Å². The number of benzene rings is 2. The van der Waals surface area contributed by atoms with Crippen LogP contribution in [0.15, 0.2) is 72.0 Å². The lowest BCUT2D eigenvalue weighted by Gasteiger charge is -2.25. The Morgan fingerprint density at radius 1 is 1.07 bits per heavy atom. The van der Waals surface area contributed by atoms with Gasteiger partial charge < -0.3 is 4.74 Å². The summed E-state index contributed by atoms with van der Waals surface area (Å²) in [5.74, 6) is -1.67. The van der Waals surface area contributed by atoms with Crippen molar-refractivity contribution in [3.63, 3.8) is 0 Å². The van der Waals surface area contributed by atoms with Crippen LogP contribution < -0.4 is 9.04 Å². The highest BCUT2D eigenvalue weighted by Crippen LogP contribution is 2.28. The van der Waals surface area contributed by atoms with Crippen LogP contribution in [0, 0.1) is 11.6 Å². The monoisotopic (exact) mass is 430 g/mol. The first-order chi connectivity index (χ1) is 14.4. The molecule has 2 aromatic carbocycles. The van der Waals surface area contributed by atoms with Gasteiger partial charge in [0.2, 0.25) is 0 Å². The van der Waals surface area contributed by atoms with Crippen LogP contribution in [0.4, 0.5) is 14.5 Å². The van der Waals surface area contributed by atoms with Gasteiger partial charge in [0.25, 0.3) is 10.0 Å². The van der Waals surface area contributed by atoms with Gasteiger partial charge in [0.15, 0.2) is 17.3 Å². The van der Waals surface area contributed by atoms with E-state index in [1.165, 1.54) is 42.2 Å². The Morgan fingerprint density at radius 3 is 2.67 bits per heavy atom. The Morgan fingerprint density at radius 2 is 1.90 bits per heavy atom. The molecule has 0 saturated heterocycles. The highest BCUT2D eigenvalue weighted by Gasteiger charge is 2.27. The van der Waals surface area contributed by atoms with Crippen LogP contribution in [0.3, 0.4) is 0 Å². The molecule has 0 saturated carbocycles. The van der Waals surface area contributed by atoms with Gasteiger partial charge in [-0.15, -0.1) is 10.2 Å². The van der Waals surface area contributed by atoms with Crippen LogP contribution in [0.5, 0.6) is 5.75 Å². The van der Waals surface area contributed by atoms with Crippen LogP contribution in [-0.2, 0) is 16.6 Å². The van der Waals surface area contributed by atoms with Gasteiger partial charge in [-0.3, -0.25) is 8.71 Å². The molecule has 0 amide bonds. The number of aromatic nitrogens is 3. The van der Waals surface area contributed by atoms with Crippen molar-refractivity contribution in [3.05, 3.63) is 84.3 Å². The van der Waals surface area contributed by atoms with Crippen molar-refractivity contribution in [2.45, 2.75) is 11.4 Å². The summed E-state index contributed by atoms with van der Waals surface area (Å²) < 4.78 is 62.0. The SMILES string of the molecule is COc1cccc(CN(c2ccc(F)c(F)c2)S(=O)(=O)c2ccc3nncn3c2)c1. The average Bonchev–Trinajstić information content (AvgIpc) is 3.22. The zero-order valence-electron chi connectivity index (χ0n) is 15.7. The molecule has 4 aromatic rings.